The van der Waals surface area contributed by atoms with Crippen LogP contribution in [0.5, 0.6) is 0 Å². The Morgan fingerprint density at radius 1 is 1.25 bits per heavy atom. The van der Waals surface area contributed by atoms with Crippen molar-refractivity contribution in [2.75, 3.05) is 30.3 Å². The zero-order valence-corrected chi connectivity index (χ0v) is 11.8. The van der Waals surface area contributed by atoms with Gasteiger partial charge in [0, 0.05) is 23.5 Å². The first-order valence-corrected chi connectivity index (χ1v) is 7.20. The predicted octanol–water partition coefficient (Wildman–Crippen LogP) is 0.481. The fraction of sp³-hybridized carbons (Fsp3) is 0.286. The number of hydrogen-bond acceptors (Lipinski definition) is 4. The van der Waals surface area contributed by atoms with E-state index in [4.69, 9.17) is 12.2 Å². The number of nitrogens with one attached hydrogen (secondary N) is 2. The molecule has 0 radical (unpaired) electrons. The lowest BCUT2D eigenvalue weighted by molar-refractivity contribution is -0.120. The number of hydrogen-bond donors (Lipinski definition) is 3. The predicted molar refractivity (Wildman–Crippen MR) is 82.4 cm³/mol. The molecular formula is C14H17N3O2S. The van der Waals surface area contributed by atoms with E-state index in [1.165, 1.54) is 0 Å². The Hall–Kier alpha value is -2.13. The molecule has 1 rings (SSSR count). The normalized spacial score (nSPS) is 9.55. The molecule has 0 unspecified atom stereocenters. The molecule has 0 aliphatic heterocycles. The standard InChI is InChI=1S/C14H17N3O2S/c1-2-8-20-9-7-16-13(18)10-17-14(19)11-3-5-12(15)6-4-11/h1,3-6H,7-10,15H2,(H,16,18)(H,17,19). The van der Waals surface area contributed by atoms with E-state index in [0.29, 0.717) is 23.5 Å². The van der Waals surface area contributed by atoms with Crippen LogP contribution in [-0.4, -0.2) is 36.4 Å². The second kappa shape index (κ2) is 8.88. The minimum Gasteiger partial charge on any atom is -0.399 e. The summed E-state index contributed by atoms with van der Waals surface area (Å²) >= 11 is 1.57. The summed E-state index contributed by atoms with van der Waals surface area (Å²) in [6.07, 6.45) is 5.10. The number of carbonyl (C=O) groups is 2. The number of benzene rings is 1. The van der Waals surface area contributed by atoms with Crippen molar-refractivity contribution < 1.29 is 9.59 Å². The summed E-state index contributed by atoms with van der Waals surface area (Å²) in [6.45, 7) is 0.478. The van der Waals surface area contributed by atoms with Crippen LogP contribution in [0.3, 0.4) is 0 Å². The number of rotatable bonds is 7. The molecule has 106 valence electrons. The van der Waals surface area contributed by atoms with Crippen LogP contribution in [0.25, 0.3) is 0 Å². The van der Waals surface area contributed by atoms with Crippen molar-refractivity contribution in [3.05, 3.63) is 29.8 Å². The van der Waals surface area contributed by atoms with E-state index >= 15 is 0 Å². The summed E-state index contributed by atoms with van der Waals surface area (Å²) in [7, 11) is 0. The number of anilines is 1. The molecule has 0 saturated heterocycles. The number of terminal acetylenes is 1. The smallest absolute Gasteiger partial charge is 0.251 e. The number of nitrogen functional groups attached to an aromatic ring is 1. The van der Waals surface area contributed by atoms with E-state index in [0.717, 1.165) is 5.75 Å². The second-order valence-electron chi connectivity index (χ2n) is 3.91. The number of carbonyl (C=O) groups excluding carboxylic acids is 2. The van der Waals surface area contributed by atoms with Crippen LogP contribution in [-0.2, 0) is 4.79 Å². The summed E-state index contributed by atoms with van der Waals surface area (Å²) in [5.41, 5.74) is 6.58. The molecule has 0 atom stereocenters. The Morgan fingerprint density at radius 3 is 2.60 bits per heavy atom. The first-order chi connectivity index (χ1) is 9.63. The van der Waals surface area contributed by atoms with E-state index in [2.05, 4.69) is 16.6 Å². The zero-order valence-electron chi connectivity index (χ0n) is 11.0. The van der Waals surface area contributed by atoms with Crippen molar-refractivity contribution in [3.63, 3.8) is 0 Å². The molecule has 0 aliphatic rings. The van der Waals surface area contributed by atoms with Gasteiger partial charge in [-0.3, -0.25) is 9.59 Å². The average molecular weight is 291 g/mol. The Kier molecular flexibility index (Phi) is 7.07. The topological polar surface area (TPSA) is 84.2 Å². The molecule has 0 saturated carbocycles. The van der Waals surface area contributed by atoms with Gasteiger partial charge in [-0.1, -0.05) is 5.92 Å². The minimum absolute atomic E-state index is 0.0526. The largest absolute Gasteiger partial charge is 0.399 e. The van der Waals surface area contributed by atoms with Crippen molar-refractivity contribution >= 4 is 29.3 Å². The van der Waals surface area contributed by atoms with Gasteiger partial charge in [-0.15, -0.1) is 18.2 Å². The van der Waals surface area contributed by atoms with Gasteiger partial charge >= 0.3 is 0 Å². The average Bonchev–Trinajstić information content (AvgIpc) is 2.45. The van der Waals surface area contributed by atoms with Crippen LogP contribution >= 0.6 is 11.8 Å². The SMILES string of the molecule is C#CCSCCNC(=O)CNC(=O)c1ccc(N)cc1. The van der Waals surface area contributed by atoms with Gasteiger partial charge in [0.25, 0.3) is 5.91 Å². The van der Waals surface area contributed by atoms with Crippen LogP contribution in [0, 0.1) is 12.3 Å². The van der Waals surface area contributed by atoms with Gasteiger partial charge in [-0.05, 0) is 24.3 Å². The molecule has 0 fully saturated rings. The Balaban J connectivity index is 2.22. The van der Waals surface area contributed by atoms with E-state index < -0.39 is 0 Å². The molecule has 4 N–H and O–H groups in total. The quantitative estimate of drug-likeness (QED) is 0.387. The highest BCUT2D eigenvalue weighted by Crippen LogP contribution is 2.04. The Morgan fingerprint density at radius 2 is 1.95 bits per heavy atom. The van der Waals surface area contributed by atoms with Crippen molar-refractivity contribution in [1.82, 2.24) is 10.6 Å². The molecule has 0 aromatic heterocycles. The first-order valence-electron chi connectivity index (χ1n) is 6.05. The molecule has 5 nitrogen and oxygen atoms in total. The third-order valence-electron chi connectivity index (χ3n) is 2.34. The molecule has 2 amide bonds. The van der Waals surface area contributed by atoms with Crippen LogP contribution in [0.15, 0.2) is 24.3 Å². The number of amides is 2. The fourth-order valence-corrected chi connectivity index (χ4v) is 1.86. The van der Waals surface area contributed by atoms with Gasteiger partial charge in [0.15, 0.2) is 0 Å². The van der Waals surface area contributed by atoms with Gasteiger partial charge < -0.3 is 16.4 Å². The van der Waals surface area contributed by atoms with Crippen molar-refractivity contribution in [2.45, 2.75) is 0 Å². The molecule has 6 heteroatoms. The van der Waals surface area contributed by atoms with Crippen LogP contribution < -0.4 is 16.4 Å². The molecule has 0 spiro atoms. The van der Waals surface area contributed by atoms with Gasteiger partial charge in [0.2, 0.25) is 5.91 Å². The van der Waals surface area contributed by atoms with Crippen molar-refractivity contribution in [1.29, 1.82) is 0 Å². The van der Waals surface area contributed by atoms with E-state index in [9.17, 15) is 9.59 Å². The molecule has 1 aromatic rings. The van der Waals surface area contributed by atoms with E-state index in [1.807, 2.05) is 0 Å². The van der Waals surface area contributed by atoms with E-state index in [1.54, 1.807) is 36.0 Å². The first kappa shape index (κ1) is 15.9. The van der Waals surface area contributed by atoms with Gasteiger partial charge in [-0.25, -0.2) is 0 Å². The maximum Gasteiger partial charge on any atom is 0.251 e. The summed E-state index contributed by atoms with van der Waals surface area (Å²) < 4.78 is 0. The molecule has 0 aliphatic carbocycles. The molecule has 0 heterocycles. The number of nitrogens with two attached hydrogens (primary N) is 1. The van der Waals surface area contributed by atoms with E-state index in [-0.39, 0.29) is 18.4 Å². The highest BCUT2D eigenvalue weighted by molar-refractivity contribution is 7.99. The fourth-order valence-electron chi connectivity index (χ4n) is 1.35. The van der Waals surface area contributed by atoms with Gasteiger partial charge in [0.1, 0.15) is 0 Å². The molecular weight excluding hydrogens is 274 g/mol. The molecule has 1 aromatic carbocycles. The maximum absolute atomic E-state index is 11.7. The highest BCUT2D eigenvalue weighted by atomic mass is 32.2. The molecule has 20 heavy (non-hydrogen) atoms. The Labute approximate surface area is 122 Å². The lowest BCUT2D eigenvalue weighted by Gasteiger charge is -2.06. The van der Waals surface area contributed by atoms with Crippen molar-refractivity contribution in [3.8, 4) is 12.3 Å². The summed E-state index contributed by atoms with van der Waals surface area (Å²) in [6, 6.07) is 6.49. The van der Waals surface area contributed by atoms with Crippen molar-refractivity contribution in [2.24, 2.45) is 0 Å². The van der Waals surface area contributed by atoms with Crippen LogP contribution in [0.1, 0.15) is 10.4 Å². The molecule has 0 bridgehead atoms. The van der Waals surface area contributed by atoms with Gasteiger partial charge in [0.05, 0.1) is 12.3 Å². The highest BCUT2D eigenvalue weighted by Gasteiger charge is 2.07. The summed E-state index contributed by atoms with van der Waals surface area (Å²) in [5, 5.41) is 5.23. The number of thioether (sulfide) groups is 1. The van der Waals surface area contributed by atoms with Crippen LogP contribution in [0.4, 0.5) is 5.69 Å². The maximum atomic E-state index is 11.7. The second-order valence-corrected chi connectivity index (χ2v) is 5.02. The zero-order chi connectivity index (χ0) is 14.8. The van der Waals surface area contributed by atoms with Gasteiger partial charge in [-0.2, -0.15) is 0 Å². The monoisotopic (exact) mass is 291 g/mol. The van der Waals surface area contributed by atoms with Crippen LogP contribution in [0.2, 0.25) is 0 Å². The summed E-state index contributed by atoms with van der Waals surface area (Å²) in [5.74, 6) is 3.35. The third-order valence-corrected chi connectivity index (χ3v) is 3.20. The lowest BCUT2D eigenvalue weighted by Crippen LogP contribution is -2.37. The third kappa shape index (κ3) is 6.16. The lowest BCUT2D eigenvalue weighted by atomic mass is 10.2. The summed E-state index contributed by atoms with van der Waals surface area (Å²) in [4.78, 5) is 23.2. The minimum atomic E-state index is -0.304. The Bertz CT molecular complexity index is 494.